The molecule has 0 aliphatic rings. The average Bonchev–Trinajstić information content (AvgIpc) is 2.81. The molecule has 4 rings (SSSR count). The number of aromatic nitrogens is 2. The van der Waals surface area contributed by atoms with Crippen molar-refractivity contribution in [1.29, 1.82) is 0 Å². The molecule has 0 unspecified atom stereocenters. The number of rotatable bonds is 7. The predicted octanol–water partition coefficient (Wildman–Crippen LogP) is 4.44. The van der Waals surface area contributed by atoms with Crippen molar-refractivity contribution in [2.75, 3.05) is 0 Å². The first kappa shape index (κ1) is 20.1. The topological polar surface area (TPSA) is 70.4 Å². The Hall–Kier alpha value is -4.19. The molecule has 0 N–H and O–H groups in total. The highest BCUT2D eigenvalue weighted by molar-refractivity contribution is 5.86. The van der Waals surface area contributed by atoms with E-state index < -0.39 is 5.97 Å². The van der Waals surface area contributed by atoms with Gasteiger partial charge in [0, 0.05) is 11.6 Å². The standard InChI is InChI=1S/C25H20N2O4/c28-24-16-15-22(26-27(24)17-19-9-3-1-4-10-19)25(29)30-18-20-11-7-8-14-23(20)31-21-12-5-2-6-13-21/h1-16H,17-18H2. The summed E-state index contributed by atoms with van der Waals surface area (Å²) in [4.78, 5) is 24.7. The number of nitrogens with zero attached hydrogens (tertiary/aromatic N) is 2. The van der Waals surface area contributed by atoms with Crippen molar-refractivity contribution in [3.63, 3.8) is 0 Å². The molecule has 3 aromatic carbocycles. The zero-order valence-corrected chi connectivity index (χ0v) is 16.7. The van der Waals surface area contributed by atoms with Crippen molar-refractivity contribution >= 4 is 5.97 Å². The van der Waals surface area contributed by atoms with Crippen LogP contribution in [0.5, 0.6) is 11.5 Å². The molecule has 0 radical (unpaired) electrons. The molecule has 0 atom stereocenters. The summed E-state index contributed by atoms with van der Waals surface area (Å²) in [5, 5.41) is 4.17. The number of carbonyl (C=O) groups excluding carboxylic acids is 1. The van der Waals surface area contributed by atoms with Gasteiger partial charge in [-0.1, -0.05) is 66.7 Å². The Balaban J connectivity index is 1.46. The summed E-state index contributed by atoms with van der Waals surface area (Å²) in [6.07, 6.45) is 0. The minimum absolute atomic E-state index is 0.0152. The highest BCUT2D eigenvalue weighted by atomic mass is 16.5. The highest BCUT2D eigenvalue weighted by Crippen LogP contribution is 2.25. The van der Waals surface area contributed by atoms with Crippen molar-refractivity contribution in [2.45, 2.75) is 13.2 Å². The fourth-order valence-electron chi connectivity index (χ4n) is 2.98. The summed E-state index contributed by atoms with van der Waals surface area (Å²) in [7, 11) is 0. The van der Waals surface area contributed by atoms with Crippen LogP contribution in [0.3, 0.4) is 0 Å². The number of ether oxygens (including phenoxy) is 2. The molecule has 0 aliphatic carbocycles. The molecule has 0 amide bonds. The van der Waals surface area contributed by atoms with E-state index in [2.05, 4.69) is 5.10 Å². The van der Waals surface area contributed by atoms with Gasteiger partial charge in [-0.15, -0.1) is 0 Å². The molecule has 31 heavy (non-hydrogen) atoms. The molecule has 154 valence electrons. The van der Waals surface area contributed by atoms with E-state index in [1.165, 1.54) is 16.8 Å². The van der Waals surface area contributed by atoms with Crippen LogP contribution in [-0.4, -0.2) is 15.7 Å². The minimum Gasteiger partial charge on any atom is -0.457 e. The van der Waals surface area contributed by atoms with E-state index in [0.717, 1.165) is 11.1 Å². The Kier molecular flexibility index (Phi) is 6.18. The molecule has 0 bridgehead atoms. The summed E-state index contributed by atoms with van der Waals surface area (Å²) in [6.45, 7) is 0.288. The second-order valence-electron chi connectivity index (χ2n) is 6.80. The second kappa shape index (κ2) is 9.54. The van der Waals surface area contributed by atoms with Gasteiger partial charge in [0.2, 0.25) is 0 Å². The van der Waals surface area contributed by atoms with Crippen LogP contribution in [0.1, 0.15) is 21.6 Å². The first-order valence-electron chi connectivity index (χ1n) is 9.79. The Morgan fingerprint density at radius 3 is 2.26 bits per heavy atom. The van der Waals surface area contributed by atoms with Gasteiger partial charge in [0.05, 0.1) is 6.54 Å². The van der Waals surface area contributed by atoms with Crippen LogP contribution in [0.25, 0.3) is 0 Å². The summed E-state index contributed by atoms with van der Waals surface area (Å²) in [5.74, 6) is 0.677. The zero-order valence-electron chi connectivity index (χ0n) is 16.7. The maximum atomic E-state index is 12.6. The van der Waals surface area contributed by atoms with E-state index in [0.29, 0.717) is 11.5 Å². The van der Waals surface area contributed by atoms with E-state index in [1.54, 1.807) is 0 Å². The second-order valence-corrected chi connectivity index (χ2v) is 6.80. The normalized spacial score (nSPS) is 10.5. The molecule has 6 nitrogen and oxygen atoms in total. The number of benzene rings is 3. The van der Waals surface area contributed by atoms with Crippen LogP contribution < -0.4 is 10.3 Å². The quantitative estimate of drug-likeness (QED) is 0.420. The van der Waals surface area contributed by atoms with Gasteiger partial charge in [0.15, 0.2) is 5.69 Å². The van der Waals surface area contributed by atoms with Crippen LogP contribution in [0, 0.1) is 0 Å². The minimum atomic E-state index is -0.615. The van der Waals surface area contributed by atoms with Crippen molar-refractivity contribution in [3.05, 3.63) is 124 Å². The molecule has 0 fully saturated rings. The van der Waals surface area contributed by atoms with Crippen molar-refractivity contribution < 1.29 is 14.3 Å². The van der Waals surface area contributed by atoms with E-state index in [4.69, 9.17) is 9.47 Å². The number of esters is 1. The van der Waals surface area contributed by atoms with E-state index in [1.807, 2.05) is 84.9 Å². The summed E-state index contributed by atoms with van der Waals surface area (Å²) in [5.41, 5.74) is 1.41. The van der Waals surface area contributed by atoms with E-state index >= 15 is 0 Å². The molecular weight excluding hydrogens is 392 g/mol. The predicted molar refractivity (Wildman–Crippen MR) is 116 cm³/mol. The molecule has 4 aromatic rings. The average molecular weight is 412 g/mol. The third-order valence-corrected chi connectivity index (χ3v) is 4.55. The lowest BCUT2D eigenvalue weighted by atomic mass is 10.2. The highest BCUT2D eigenvalue weighted by Gasteiger charge is 2.13. The van der Waals surface area contributed by atoms with Crippen LogP contribution >= 0.6 is 0 Å². The summed E-state index contributed by atoms with van der Waals surface area (Å²) < 4.78 is 12.6. The van der Waals surface area contributed by atoms with Gasteiger partial charge in [-0.05, 0) is 29.8 Å². The SMILES string of the molecule is O=C(OCc1ccccc1Oc1ccccc1)c1ccc(=O)n(Cc2ccccc2)n1. The third kappa shape index (κ3) is 5.25. The Morgan fingerprint density at radius 2 is 1.48 bits per heavy atom. The third-order valence-electron chi connectivity index (χ3n) is 4.55. The molecule has 1 aromatic heterocycles. The van der Waals surface area contributed by atoms with E-state index in [9.17, 15) is 9.59 Å². The molecule has 0 saturated carbocycles. The number of hydrogen-bond acceptors (Lipinski definition) is 5. The molecule has 1 heterocycles. The largest absolute Gasteiger partial charge is 0.457 e. The molecule has 0 saturated heterocycles. The Bertz CT molecular complexity index is 1220. The van der Waals surface area contributed by atoms with E-state index in [-0.39, 0.29) is 24.4 Å². The summed E-state index contributed by atoms with van der Waals surface area (Å²) in [6, 6.07) is 28.8. The molecule has 0 spiro atoms. The lowest BCUT2D eigenvalue weighted by molar-refractivity contribution is 0.0460. The van der Waals surface area contributed by atoms with Crippen LogP contribution in [0.4, 0.5) is 0 Å². The van der Waals surface area contributed by atoms with Gasteiger partial charge in [0.25, 0.3) is 5.56 Å². The van der Waals surface area contributed by atoms with Gasteiger partial charge >= 0.3 is 5.97 Å². The maximum Gasteiger partial charge on any atom is 0.359 e. The van der Waals surface area contributed by atoms with Gasteiger partial charge in [-0.3, -0.25) is 4.79 Å². The number of hydrogen-bond donors (Lipinski definition) is 0. The van der Waals surface area contributed by atoms with Gasteiger partial charge < -0.3 is 9.47 Å². The molecule has 6 heteroatoms. The van der Waals surface area contributed by atoms with Crippen molar-refractivity contribution in [3.8, 4) is 11.5 Å². The summed E-state index contributed by atoms with van der Waals surface area (Å²) >= 11 is 0. The van der Waals surface area contributed by atoms with Crippen molar-refractivity contribution in [1.82, 2.24) is 9.78 Å². The fourth-order valence-corrected chi connectivity index (χ4v) is 2.98. The number of para-hydroxylation sites is 2. The van der Waals surface area contributed by atoms with Gasteiger partial charge in [-0.2, -0.15) is 5.10 Å². The van der Waals surface area contributed by atoms with Crippen LogP contribution in [-0.2, 0) is 17.9 Å². The fraction of sp³-hybridized carbons (Fsp3) is 0.0800. The molecular formula is C25H20N2O4. The molecule has 0 aliphatic heterocycles. The van der Waals surface area contributed by atoms with Crippen LogP contribution in [0.15, 0.2) is 102 Å². The lowest BCUT2D eigenvalue weighted by Crippen LogP contribution is -2.25. The van der Waals surface area contributed by atoms with Gasteiger partial charge in [0.1, 0.15) is 18.1 Å². The first-order valence-corrected chi connectivity index (χ1v) is 9.79. The monoisotopic (exact) mass is 412 g/mol. The van der Waals surface area contributed by atoms with Crippen molar-refractivity contribution in [2.24, 2.45) is 0 Å². The maximum absolute atomic E-state index is 12.6. The van der Waals surface area contributed by atoms with Crippen LogP contribution in [0.2, 0.25) is 0 Å². The van der Waals surface area contributed by atoms with Gasteiger partial charge in [-0.25, -0.2) is 9.48 Å². The smallest absolute Gasteiger partial charge is 0.359 e. The Morgan fingerprint density at radius 1 is 0.806 bits per heavy atom. The number of carbonyl (C=O) groups is 1. The lowest BCUT2D eigenvalue weighted by Gasteiger charge is -2.12. The Labute approximate surface area is 179 Å². The zero-order chi connectivity index (χ0) is 21.5. The first-order chi connectivity index (χ1) is 15.2.